The molecule has 4 nitrogen and oxygen atoms in total. The maximum absolute atomic E-state index is 4.56. The second kappa shape index (κ2) is 7.18. The van der Waals surface area contributed by atoms with Crippen molar-refractivity contribution in [1.29, 1.82) is 0 Å². The third kappa shape index (κ3) is 3.19. The Bertz CT molecular complexity index is 1320. The van der Waals surface area contributed by atoms with Gasteiger partial charge in [-0.05, 0) is 43.5 Å². The topological polar surface area (TPSA) is 42.2 Å². The molecule has 2 aromatic heterocycles. The second-order valence-electron chi connectivity index (χ2n) is 7.02. The highest BCUT2D eigenvalue weighted by Crippen LogP contribution is 2.27. The fraction of sp³-hybridized carbons (Fsp3) is 0.0833. The average molecular weight is 397 g/mol. The molecule has 0 atom stereocenters. The molecule has 0 amide bonds. The quantitative estimate of drug-likeness (QED) is 0.286. The zero-order valence-corrected chi connectivity index (χ0v) is 17.1. The van der Waals surface area contributed by atoms with E-state index in [1.54, 1.807) is 11.3 Å². The summed E-state index contributed by atoms with van der Waals surface area (Å²) in [5.41, 5.74) is 8.69. The maximum Gasteiger partial charge on any atom is 0.204 e. The van der Waals surface area contributed by atoms with Gasteiger partial charge in [0.25, 0.3) is 0 Å². The monoisotopic (exact) mass is 396 g/mol. The van der Waals surface area contributed by atoms with Gasteiger partial charge in [0.05, 0.1) is 22.1 Å². The van der Waals surface area contributed by atoms with Crippen LogP contribution in [0.15, 0.2) is 77.9 Å². The van der Waals surface area contributed by atoms with Crippen molar-refractivity contribution in [2.24, 2.45) is 5.10 Å². The number of anilines is 1. The molecule has 0 unspecified atom stereocenters. The molecule has 0 saturated heterocycles. The van der Waals surface area contributed by atoms with Crippen LogP contribution in [0, 0.1) is 13.8 Å². The normalized spacial score (nSPS) is 11.7. The summed E-state index contributed by atoms with van der Waals surface area (Å²) in [5.74, 6) is 0. The van der Waals surface area contributed by atoms with Crippen molar-refractivity contribution in [2.75, 3.05) is 5.43 Å². The van der Waals surface area contributed by atoms with Crippen molar-refractivity contribution in [3.8, 4) is 5.69 Å². The molecule has 0 radical (unpaired) electrons. The zero-order valence-electron chi connectivity index (χ0n) is 16.3. The molecule has 5 rings (SSSR count). The van der Waals surface area contributed by atoms with E-state index in [0.717, 1.165) is 26.6 Å². The highest BCUT2D eigenvalue weighted by Gasteiger charge is 2.11. The van der Waals surface area contributed by atoms with Crippen LogP contribution in [0.25, 0.3) is 26.7 Å². The zero-order chi connectivity index (χ0) is 19.8. The third-order valence-corrected chi connectivity index (χ3v) is 6.08. The third-order valence-electron chi connectivity index (χ3n) is 5.14. The first-order chi connectivity index (χ1) is 14.2. The Kier molecular flexibility index (Phi) is 4.37. The highest BCUT2D eigenvalue weighted by molar-refractivity contribution is 7.22. The number of rotatable bonds is 4. The van der Waals surface area contributed by atoms with Gasteiger partial charge >= 0.3 is 0 Å². The van der Waals surface area contributed by atoms with Gasteiger partial charge in [-0.1, -0.05) is 59.9 Å². The van der Waals surface area contributed by atoms with Crippen LogP contribution in [0.5, 0.6) is 0 Å². The molecule has 1 N–H and O–H groups in total. The molecule has 0 bridgehead atoms. The van der Waals surface area contributed by atoms with Crippen molar-refractivity contribution < 1.29 is 0 Å². The predicted octanol–water partition coefficient (Wildman–Crippen LogP) is 6.30. The summed E-state index contributed by atoms with van der Waals surface area (Å²) in [7, 11) is 0. The fourth-order valence-corrected chi connectivity index (χ4v) is 4.58. The number of aromatic nitrogens is 2. The molecular formula is C24H20N4S. The Labute approximate surface area is 173 Å². The smallest absolute Gasteiger partial charge is 0.204 e. The molecular weight excluding hydrogens is 376 g/mol. The summed E-state index contributed by atoms with van der Waals surface area (Å²) in [6.45, 7) is 4.26. The van der Waals surface area contributed by atoms with E-state index >= 15 is 0 Å². The molecule has 0 aliphatic carbocycles. The fourth-order valence-electron chi connectivity index (χ4n) is 3.77. The Hall–Kier alpha value is -3.44. The van der Waals surface area contributed by atoms with Gasteiger partial charge in [0.1, 0.15) is 0 Å². The molecule has 5 aromatic rings. The summed E-state index contributed by atoms with van der Waals surface area (Å²) >= 11 is 1.60. The minimum atomic E-state index is 0.797. The molecule has 0 aliphatic rings. The number of para-hydroxylation sites is 1. The van der Waals surface area contributed by atoms with Crippen molar-refractivity contribution in [1.82, 2.24) is 9.55 Å². The van der Waals surface area contributed by atoms with E-state index in [0.29, 0.717) is 0 Å². The van der Waals surface area contributed by atoms with Crippen molar-refractivity contribution in [3.63, 3.8) is 0 Å². The maximum atomic E-state index is 4.56. The van der Waals surface area contributed by atoms with Crippen LogP contribution in [0.1, 0.15) is 17.0 Å². The van der Waals surface area contributed by atoms with E-state index in [1.807, 2.05) is 24.4 Å². The van der Waals surface area contributed by atoms with Gasteiger partial charge in [-0.2, -0.15) is 5.10 Å². The minimum absolute atomic E-state index is 0.797. The molecule has 5 heteroatoms. The molecule has 0 saturated carbocycles. The van der Waals surface area contributed by atoms with Gasteiger partial charge in [0.2, 0.25) is 5.13 Å². The first kappa shape index (κ1) is 17.6. The van der Waals surface area contributed by atoms with Crippen LogP contribution in [-0.2, 0) is 0 Å². The second-order valence-corrected chi connectivity index (χ2v) is 8.05. The standard InChI is InChI=1S/C24H20N4S/c1-16-14-19(15-25-27-24-26-21-11-5-6-13-23(21)29-24)17(2)28(16)22-12-7-9-18-8-3-4-10-20(18)22/h3-15H,1-2H3,(H,26,27)/b25-15-. The van der Waals surface area contributed by atoms with Gasteiger partial charge in [0, 0.05) is 22.3 Å². The molecule has 142 valence electrons. The molecule has 0 fully saturated rings. The average Bonchev–Trinajstić information content (AvgIpc) is 3.28. The lowest BCUT2D eigenvalue weighted by Gasteiger charge is -2.12. The Morgan fingerprint density at radius 3 is 2.66 bits per heavy atom. The lowest BCUT2D eigenvalue weighted by atomic mass is 10.1. The lowest BCUT2D eigenvalue weighted by Crippen LogP contribution is -2.00. The minimum Gasteiger partial charge on any atom is -0.317 e. The number of hydrogen-bond donors (Lipinski definition) is 1. The number of nitrogens with zero attached hydrogens (tertiary/aromatic N) is 3. The van der Waals surface area contributed by atoms with Crippen molar-refractivity contribution >= 4 is 43.7 Å². The first-order valence-electron chi connectivity index (χ1n) is 9.52. The number of benzene rings is 3. The van der Waals surface area contributed by atoms with Gasteiger partial charge in [-0.3, -0.25) is 5.43 Å². The van der Waals surface area contributed by atoms with Crippen LogP contribution in [0.2, 0.25) is 0 Å². The van der Waals surface area contributed by atoms with Crippen LogP contribution < -0.4 is 5.43 Å². The molecule has 3 aromatic carbocycles. The highest BCUT2D eigenvalue weighted by atomic mass is 32.1. The predicted molar refractivity (Wildman–Crippen MR) is 124 cm³/mol. The Morgan fingerprint density at radius 1 is 0.966 bits per heavy atom. The Balaban J connectivity index is 1.47. The van der Waals surface area contributed by atoms with Crippen LogP contribution in [0.4, 0.5) is 5.13 Å². The largest absolute Gasteiger partial charge is 0.317 e. The number of hydrogen-bond acceptors (Lipinski definition) is 4. The number of thiazole rings is 1. The molecule has 0 aliphatic heterocycles. The van der Waals surface area contributed by atoms with E-state index in [4.69, 9.17) is 0 Å². The SMILES string of the molecule is Cc1cc(/C=N\Nc2nc3ccccc3s2)c(C)n1-c1cccc2ccccc12. The van der Waals surface area contributed by atoms with E-state index in [2.05, 4.69) is 88.5 Å². The van der Waals surface area contributed by atoms with E-state index in [9.17, 15) is 0 Å². The molecule has 29 heavy (non-hydrogen) atoms. The summed E-state index contributed by atoms with van der Waals surface area (Å²) in [6, 6.07) is 25.2. The van der Waals surface area contributed by atoms with E-state index < -0.39 is 0 Å². The summed E-state index contributed by atoms with van der Waals surface area (Å²) in [6.07, 6.45) is 1.87. The number of fused-ring (bicyclic) bond motifs is 2. The first-order valence-corrected chi connectivity index (χ1v) is 10.3. The van der Waals surface area contributed by atoms with E-state index in [-0.39, 0.29) is 0 Å². The van der Waals surface area contributed by atoms with Crippen LogP contribution >= 0.6 is 11.3 Å². The van der Waals surface area contributed by atoms with Crippen molar-refractivity contribution in [2.45, 2.75) is 13.8 Å². The van der Waals surface area contributed by atoms with Crippen molar-refractivity contribution in [3.05, 3.63) is 89.7 Å². The van der Waals surface area contributed by atoms with E-state index in [1.165, 1.54) is 22.2 Å². The Morgan fingerprint density at radius 2 is 1.76 bits per heavy atom. The summed E-state index contributed by atoms with van der Waals surface area (Å²) in [4.78, 5) is 4.56. The summed E-state index contributed by atoms with van der Waals surface area (Å²) < 4.78 is 3.45. The van der Waals surface area contributed by atoms with Gasteiger partial charge in [0.15, 0.2) is 0 Å². The van der Waals surface area contributed by atoms with Crippen LogP contribution in [0.3, 0.4) is 0 Å². The lowest BCUT2D eigenvalue weighted by molar-refractivity contribution is 0.973. The van der Waals surface area contributed by atoms with Gasteiger partial charge in [-0.15, -0.1) is 0 Å². The number of aryl methyl sites for hydroxylation is 1. The number of hydrazone groups is 1. The summed E-state index contributed by atoms with van der Waals surface area (Å²) in [5, 5.41) is 7.72. The number of nitrogens with one attached hydrogen (secondary N) is 1. The van der Waals surface area contributed by atoms with Crippen LogP contribution in [-0.4, -0.2) is 15.8 Å². The van der Waals surface area contributed by atoms with Gasteiger partial charge < -0.3 is 4.57 Å². The van der Waals surface area contributed by atoms with Gasteiger partial charge in [-0.25, -0.2) is 4.98 Å². The molecule has 0 spiro atoms. The molecule has 2 heterocycles.